The Bertz CT molecular complexity index is 715. The molecule has 0 saturated heterocycles. The number of nitrogens with zero attached hydrogens (tertiary/aromatic N) is 3. The van der Waals surface area contributed by atoms with Crippen LogP contribution in [0, 0.1) is 10.1 Å². The molecule has 6 nitrogen and oxygen atoms in total. The van der Waals surface area contributed by atoms with Crippen molar-refractivity contribution >= 4 is 28.6 Å². The van der Waals surface area contributed by atoms with Gasteiger partial charge in [0.25, 0.3) is 5.69 Å². The molecule has 0 bridgehead atoms. The summed E-state index contributed by atoms with van der Waals surface area (Å²) in [5.74, 6) is 0.0353. The number of nitro groups is 1. The number of aromatic nitrogens is 1. The van der Waals surface area contributed by atoms with Gasteiger partial charge in [-0.25, -0.2) is 4.98 Å². The highest BCUT2D eigenvalue weighted by atomic mass is 32.1. The molecule has 114 valence electrons. The molecule has 7 heteroatoms. The zero-order valence-electron chi connectivity index (χ0n) is 12.1. The van der Waals surface area contributed by atoms with Crippen molar-refractivity contribution in [1.82, 2.24) is 4.98 Å². The molecular formula is C15H15N3O3S. The number of carbonyl (C=O) groups excluding carboxylic acids is 1. The van der Waals surface area contributed by atoms with Gasteiger partial charge in [0, 0.05) is 35.7 Å². The van der Waals surface area contributed by atoms with E-state index in [0.29, 0.717) is 19.3 Å². The number of thiazole rings is 1. The molecule has 0 radical (unpaired) electrons. The Hall–Kier alpha value is -2.28. The summed E-state index contributed by atoms with van der Waals surface area (Å²) in [5.41, 5.74) is 4.41. The summed E-state index contributed by atoms with van der Waals surface area (Å²) in [4.78, 5) is 28.9. The lowest BCUT2D eigenvalue weighted by molar-refractivity contribution is -0.384. The molecule has 1 unspecified atom stereocenters. The molecule has 0 fully saturated rings. The quantitative estimate of drug-likeness (QED) is 0.641. The van der Waals surface area contributed by atoms with Gasteiger partial charge in [-0.1, -0.05) is 0 Å². The number of carbonyl (C=O) groups is 1. The van der Waals surface area contributed by atoms with Crippen LogP contribution in [0.25, 0.3) is 0 Å². The van der Waals surface area contributed by atoms with Crippen LogP contribution < -0.4 is 4.90 Å². The molecule has 22 heavy (non-hydrogen) atoms. The first kappa shape index (κ1) is 14.6. The zero-order chi connectivity index (χ0) is 15.7. The average Bonchev–Trinajstić information content (AvgIpc) is 3.10. The van der Waals surface area contributed by atoms with E-state index in [1.807, 2.05) is 12.3 Å². The summed E-state index contributed by atoms with van der Waals surface area (Å²) in [6.45, 7) is 1.96. The van der Waals surface area contributed by atoms with Crippen molar-refractivity contribution in [2.45, 2.75) is 32.2 Å². The monoisotopic (exact) mass is 317 g/mol. The number of non-ortho nitro benzene ring substituents is 1. The minimum Gasteiger partial charge on any atom is -0.309 e. The fraction of sp³-hybridized carbons (Fsp3) is 0.333. The van der Waals surface area contributed by atoms with E-state index in [1.165, 1.54) is 17.4 Å². The lowest BCUT2D eigenvalue weighted by Gasteiger charge is -2.22. The van der Waals surface area contributed by atoms with E-state index in [2.05, 4.69) is 4.98 Å². The molecule has 0 spiro atoms. The van der Waals surface area contributed by atoms with E-state index in [0.717, 1.165) is 16.9 Å². The SMILES string of the molecule is CC1Cc2cc([N+](=O)[O-])ccc2N1C(=O)CCc1cscn1. The van der Waals surface area contributed by atoms with Crippen LogP contribution in [0.5, 0.6) is 0 Å². The first-order chi connectivity index (χ1) is 10.6. The molecule has 1 aliphatic heterocycles. The number of hydrogen-bond donors (Lipinski definition) is 0. The van der Waals surface area contributed by atoms with Gasteiger partial charge in [-0.05, 0) is 31.4 Å². The third-order valence-electron chi connectivity index (χ3n) is 3.84. The molecule has 1 aromatic heterocycles. The number of amides is 1. The number of anilines is 1. The maximum atomic E-state index is 12.5. The van der Waals surface area contributed by atoms with Gasteiger partial charge in [-0.2, -0.15) is 0 Å². The van der Waals surface area contributed by atoms with Gasteiger partial charge in [0.05, 0.1) is 16.1 Å². The normalized spacial score (nSPS) is 16.6. The third-order valence-corrected chi connectivity index (χ3v) is 4.47. The van der Waals surface area contributed by atoms with Crippen molar-refractivity contribution in [2.75, 3.05) is 4.90 Å². The van der Waals surface area contributed by atoms with Crippen LogP contribution in [0.3, 0.4) is 0 Å². The zero-order valence-corrected chi connectivity index (χ0v) is 12.9. The van der Waals surface area contributed by atoms with Crippen LogP contribution >= 0.6 is 11.3 Å². The molecule has 1 amide bonds. The van der Waals surface area contributed by atoms with Gasteiger partial charge in [0.15, 0.2) is 0 Å². The number of rotatable bonds is 4. The molecule has 2 heterocycles. The van der Waals surface area contributed by atoms with E-state index in [-0.39, 0.29) is 17.6 Å². The predicted molar refractivity (Wildman–Crippen MR) is 84.2 cm³/mol. The minimum absolute atomic E-state index is 0.0277. The first-order valence-electron chi connectivity index (χ1n) is 7.02. The third kappa shape index (κ3) is 2.71. The Morgan fingerprint density at radius 1 is 1.55 bits per heavy atom. The van der Waals surface area contributed by atoms with Gasteiger partial charge >= 0.3 is 0 Å². The van der Waals surface area contributed by atoms with E-state index in [9.17, 15) is 14.9 Å². The number of benzene rings is 1. The molecule has 0 aliphatic carbocycles. The summed E-state index contributed by atoms with van der Waals surface area (Å²) in [7, 11) is 0. The van der Waals surface area contributed by atoms with Crippen LogP contribution in [-0.2, 0) is 17.6 Å². The highest BCUT2D eigenvalue weighted by Gasteiger charge is 2.31. The fourth-order valence-corrected chi connectivity index (χ4v) is 3.42. The van der Waals surface area contributed by atoms with Crippen molar-refractivity contribution in [3.63, 3.8) is 0 Å². The number of hydrogen-bond acceptors (Lipinski definition) is 5. The molecule has 2 aromatic rings. The Labute approximate surface area is 131 Å². The van der Waals surface area contributed by atoms with E-state index >= 15 is 0 Å². The van der Waals surface area contributed by atoms with Crippen LogP contribution in [0.4, 0.5) is 11.4 Å². The second-order valence-electron chi connectivity index (χ2n) is 5.37. The van der Waals surface area contributed by atoms with Crippen LogP contribution in [0.2, 0.25) is 0 Å². The second-order valence-corrected chi connectivity index (χ2v) is 6.09. The van der Waals surface area contributed by atoms with Gasteiger partial charge in [0.2, 0.25) is 5.91 Å². The standard InChI is InChI=1S/C15H15N3O3S/c1-10-6-11-7-13(18(20)21)3-4-14(11)17(10)15(19)5-2-12-8-22-9-16-12/h3-4,7-10H,2,5-6H2,1H3. The molecular weight excluding hydrogens is 302 g/mol. The first-order valence-corrected chi connectivity index (χ1v) is 7.97. The largest absolute Gasteiger partial charge is 0.309 e. The Balaban J connectivity index is 1.77. The molecule has 1 atom stereocenters. The Morgan fingerprint density at radius 2 is 2.36 bits per heavy atom. The maximum Gasteiger partial charge on any atom is 0.269 e. The lowest BCUT2D eigenvalue weighted by Crippen LogP contribution is -2.35. The van der Waals surface area contributed by atoms with Gasteiger partial charge in [-0.15, -0.1) is 11.3 Å². The minimum atomic E-state index is -0.405. The fourth-order valence-electron chi connectivity index (χ4n) is 2.83. The van der Waals surface area contributed by atoms with Crippen LogP contribution in [-0.4, -0.2) is 21.9 Å². The summed E-state index contributed by atoms with van der Waals surface area (Å²) in [6, 6.07) is 4.73. The molecule has 3 rings (SSSR count). The lowest BCUT2D eigenvalue weighted by atomic mass is 10.1. The van der Waals surface area contributed by atoms with E-state index in [4.69, 9.17) is 0 Å². The van der Waals surface area contributed by atoms with Crippen molar-refractivity contribution in [1.29, 1.82) is 0 Å². The molecule has 0 saturated carbocycles. The summed E-state index contributed by atoms with van der Waals surface area (Å²) in [6.07, 6.45) is 1.66. The average molecular weight is 317 g/mol. The smallest absolute Gasteiger partial charge is 0.269 e. The van der Waals surface area contributed by atoms with Crippen LogP contribution in [0.1, 0.15) is 24.6 Å². The molecule has 0 N–H and O–H groups in total. The van der Waals surface area contributed by atoms with Gasteiger partial charge in [-0.3, -0.25) is 14.9 Å². The molecule has 1 aliphatic rings. The Morgan fingerprint density at radius 3 is 3.05 bits per heavy atom. The maximum absolute atomic E-state index is 12.5. The topological polar surface area (TPSA) is 76.3 Å². The highest BCUT2D eigenvalue weighted by molar-refractivity contribution is 7.07. The number of fused-ring (bicyclic) bond motifs is 1. The number of aryl methyl sites for hydroxylation is 1. The van der Waals surface area contributed by atoms with E-state index in [1.54, 1.807) is 22.5 Å². The van der Waals surface area contributed by atoms with Crippen molar-refractivity contribution in [3.05, 3.63) is 50.5 Å². The van der Waals surface area contributed by atoms with Crippen molar-refractivity contribution in [2.24, 2.45) is 0 Å². The number of nitro benzene ring substituents is 1. The van der Waals surface area contributed by atoms with Crippen LogP contribution in [0.15, 0.2) is 29.1 Å². The van der Waals surface area contributed by atoms with Gasteiger partial charge < -0.3 is 4.90 Å². The van der Waals surface area contributed by atoms with Crippen molar-refractivity contribution in [3.8, 4) is 0 Å². The summed E-state index contributed by atoms with van der Waals surface area (Å²) in [5, 5.41) is 12.8. The van der Waals surface area contributed by atoms with Gasteiger partial charge in [0.1, 0.15) is 0 Å². The summed E-state index contributed by atoms with van der Waals surface area (Å²) < 4.78 is 0. The summed E-state index contributed by atoms with van der Waals surface area (Å²) >= 11 is 1.52. The van der Waals surface area contributed by atoms with Crippen molar-refractivity contribution < 1.29 is 9.72 Å². The second kappa shape index (κ2) is 5.84. The predicted octanol–water partition coefficient (Wildman–Crippen LogP) is 2.96. The Kier molecular flexibility index (Phi) is 3.89. The highest BCUT2D eigenvalue weighted by Crippen LogP contribution is 2.35. The molecule has 1 aromatic carbocycles. The van der Waals surface area contributed by atoms with E-state index < -0.39 is 4.92 Å².